The number of Topliss-reactive ketones (excluding diaryl/α,β-unsaturated/α-hetero) is 1. The van der Waals surface area contributed by atoms with Crippen LogP contribution in [0.4, 0.5) is 0 Å². The van der Waals surface area contributed by atoms with Crippen molar-refractivity contribution in [1.82, 2.24) is 4.90 Å². The van der Waals surface area contributed by atoms with Crippen molar-refractivity contribution < 1.29 is 9.53 Å². The van der Waals surface area contributed by atoms with Crippen LogP contribution in [0.5, 0.6) is 0 Å². The number of nitrogens with zero attached hydrogens (tertiary/aromatic N) is 1. The van der Waals surface area contributed by atoms with Crippen LogP contribution >= 0.6 is 15.9 Å². The van der Waals surface area contributed by atoms with E-state index in [1.165, 1.54) is 0 Å². The van der Waals surface area contributed by atoms with Crippen LogP contribution in [0, 0.1) is 0 Å². The molecule has 0 spiro atoms. The van der Waals surface area contributed by atoms with Gasteiger partial charge >= 0.3 is 0 Å². The van der Waals surface area contributed by atoms with Crippen LogP contribution < -0.4 is 0 Å². The molecule has 124 valence electrons. The van der Waals surface area contributed by atoms with Crippen LogP contribution in [0.1, 0.15) is 15.9 Å². The Morgan fingerprint density at radius 3 is 2.38 bits per heavy atom. The van der Waals surface area contributed by atoms with Crippen molar-refractivity contribution in [3.8, 4) is 0 Å². The minimum atomic E-state index is 0.0813. The molecule has 0 aromatic heterocycles. The lowest BCUT2D eigenvalue weighted by Gasteiger charge is -2.27. The summed E-state index contributed by atoms with van der Waals surface area (Å²) in [4.78, 5) is 15.3. The summed E-state index contributed by atoms with van der Waals surface area (Å²) < 4.78 is 6.38. The van der Waals surface area contributed by atoms with Crippen LogP contribution in [0.2, 0.25) is 0 Å². The molecule has 0 atom stereocenters. The lowest BCUT2D eigenvalue weighted by Crippen LogP contribution is -2.38. The zero-order valence-corrected chi connectivity index (χ0v) is 15.0. The minimum Gasteiger partial charge on any atom is -0.379 e. The third-order valence-corrected chi connectivity index (χ3v) is 4.56. The van der Waals surface area contributed by atoms with Gasteiger partial charge in [0.05, 0.1) is 13.2 Å². The molecule has 24 heavy (non-hydrogen) atoms. The summed E-state index contributed by atoms with van der Waals surface area (Å²) in [6.45, 7) is 3.82. The molecule has 0 bridgehead atoms. The number of carbonyl (C=O) groups is 1. The second-order valence-electron chi connectivity index (χ2n) is 5.80. The number of halogens is 1. The van der Waals surface area contributed by atoms with E-state index in [-0.39, 0.29) is 5.78 Å². The van der Waals surface area contributed by atoms with Gasteiger partial charge < -0.3 is 4.74 Å². The van der Waals surface area contributed by atoms with E-state index in [1.54, 1.807) is 0 Å². The molecule has 0 N–H and O–H groups in total. The van der Waals surface area contributed by atoms with E-state index < -0.39 is 0 Å². The molecule has 2 aromatic rings. The monoisotopic (exact) mass is 385 g/mol. The molecule has 1 aliphatic heterocycles. The number of carbonyl (C=O) groups excluding carboxylic acids is 1. The number of morpholine rings is 1. The van der Waals surface area contributed by atoms with E-state index in [0.29, 0.717) is 12.1 Å². The van der Waals surface area contributed by atoms with E-state index in [2.05, 4.69) is 20.8 Å². The van der Waals surface area contributed by atoms with Gasteiger partial charge in [-0.3, -0.25) is 9.69 Å². The largest absolute Gasteiger partial charge is 0.379 e. The Morgan fingerprint density at radius 1 is 1.04 bits per heavy atom. The summed E-state index contributed by atoms with van der Waals surface area (Å²) in [6.07, 6.45) is 2.00. The van der Waals surface area contributed by atoms with Crippen LogP contribution in [0.3, 0.4) is 0 Å². The number of rotatable bonds is 5. The fourth-order valence-corrected chi connectivity index (χ4v) is 2.98. The Kier molecular flexibility index (Phi) is 5.96. The Labute approximate surface area is 151 Å². The van der Waals surface area contributed by atoms with Gasteiger partial charge in [0.2, 0.25) is 0 Å². The number of benzene rings is 2. The lowest BCUT2D eigenvalue weighted by atomic mass is 10.0. The highest BCUT2D eigenvalue weighted by atomic mass is 79.9. The number of hydrogen-bond donors (Lipinski definition) is 0. The molecule has 3 rings (SSSR count). The van der Waals surface area contributed by atoms with Crippen molar-refractivity contribution in [3.05, 3.63) is 75.8 Å². The summed E-state index contributed by atoms with van der Waals surface area (Å²) in [5.41, 5.74) is 2.57. The normalized spacial score (nSPS) is 16.1. The molecule has 1 fully saturated rings. The van der Waals surface area contributed by atoms with Crippen molar-refractivity contribution in [2.24, 2.45) is 0 Å². The molecule has 4 heteroatoms. The molecule has 0 saturated carbocycles. The summed E-state index contributed by atoms with van der Waals surface area (Å²) in [5.74, 6) is 0.0813. The van der Waals surface area contributed by atoms with Gasteiger partial charge in [-0.2, -0.15) is 0 Å². The lowest BCUT2D eigenvalue weighted by molar-refractivity contribution is 0.0419. The first-order valence-corrected chi connectivity index (χ1v) is 8.88. The maximum Gasteiger partial charge on any atom is 0.190 e. The highest BCUT2D eigenvalue weighted by Gasteiger charge is 2.18. The van der Waals surface area contributed by atoms with E-state index in [1.807, 2.05) is 60.7 Å². The first-order valence-electron chi connectivity index (χ1n) is 8.08. The summed E-state index contributed by atoms with van der Waals surface area (Å²) >= 11 is 3.42. The topological polar surface area (TPSA) is 29.5 Å². The predicted octanol–water partition coefficient (Wildman–Crippen LogP) is 4.05. The Morgan fingerprint density at radius 2 is 1.71 bits per heavy atom. The molecule has 0 unspecified atom stereocenters. The first-order chi connectivity index (χ1) is 11.7. The van der Waals surface area contributed by atoms with Gasteiger partial charge in [0.1, 0.15) is 0 Å². The molecule has 0 amide bonds. The standard InChI is InChI=1S/C20H20BrNO2/c21-19-8-6-17(7-9-19)20(23)18(14-16-4-2-1-3-5-16)15-22-10-12-24-13-11-22/h1-9,14H,10-13,15H2/b18-14+. The number of hydrogen-bond acceptors (Lipinski definition) is 3. The fraction of sp³-hybridized carbons (Fsp3) is 0.250. The summed E-state index contributed by atoms with van der Waals surface area (Å²) in [5, 5.41) is 0. The first kappa shape index (κ1) is 17.1. The van der Waals surface area contributed by atoms with Gasteiger partial charge in [-0.25, -0.2) is 0 Å². The van der Waals surface area contributed by atoms with Gasteiger partial charge in [-0.05, 0) is 35.9 Å². The SMILES string of the molecule is O=C(/C(=C/c1ccccc1)CN1CCOCC1)c1ccc(Br)cc1. The fourth-order valence-electron chi connectivity index (χ4n) is 2.72. The maximum absolute atomic E-state index is 13.0. The Balaban J connectivity index is 1.87. The second-order valence-corrected chi connectivity index (χ2v) is 6.72. The third-order valence-electron chi connectivity index (χ3n) is 4.04. The molecule has 1 saturated heterocycles. The molecular formula is C20H20BrNO2. The van der Waals surface area contributed by atoms with Crippen LogP contribution in [0.15, 0.2) is 64.6 Å². The molecule has 0 radical (unpaired) electrons. The number of ether oxygens (including phenoxy) is 1. The van der Waals surface area contributed by atoms with Crippen molar-refractivity contribution >= 4 is 27.8 Å². The second kappa shape index (κ2) is 8.38. The predicted molar refractivity (Wildman–Crippen MR) is 100 cm³/mol. The molecule has 3 nitrogen and oxygen atoms in total. The number of ketones is 1. The van der Waals surface area contributed by atoms with Crippen LogP contribution in [0.25, 0.3) is 6.08 Å². The zero-order valence-electron chi connectivity index (χ0n) is 13.5. The van der Waals surface area contributed by atoms with Crippen molar-refractivity contribution in [2.75, 3.05) is 32.8 Å². The Bertz CT molecular complexity index is 704. The molecule has 1 aliphatic rings. The molecule has 1 heterocycles. The smallest absolute Gasteiger partial charge is 0.190 e. The quantitative estimate of drug-likeness (QED) is 0.574. The summed E-state index contributed by atoms with van der Waals surface area (Å²) in [7, 11) is 0. The zero-order chi connectivity index (χ0) is 16.8. The van der Waals surface area contributed by atoms with Crippen molar-refractivity contribution in [3.63, 3.8) is 0 Å². The highest BCUT2D eigenvalue weighted by Crippen LogP contribution is 2.17. The minimum absolute atomic E-state index is 0.0813. The average Bonchev–Trinajstić information content (AvgIpc) is 2.63. The van der Waals surface area contributed by atoms with Crippen LogP contribution in [-0.2, 0) is 4.74 Å². The molecule has 2 aromatic carbocycles. The van der Waals surface area contributed by atoms with Crippen molar-refractivity contribution in [2.45, 2.75) is 0 Å². The average molecular weight is 386 g/mol. The van der Waals surface area contributed by atoms with Crippen molar-refractivity contribution in [1.29, 1.82) is 0 Å². The third kappa shape index (κ3) is 4.63. The van der Waals surface area contributed by atoms with Gasteiger partial charge in [0.15, 0.2) is 5.78 Å². The van der Waals surface area contributed by atoms with Gasteiger partial charge in [0, 0.05) is 35.2 Å². The van der Waals surface area contributed by atoms with Gasteiger partial charge in [0.25, 0.3) is 0 Å². The summed E-state index contributed by atoms with van der Waals surface area (Å²) in [6, 6.07) is 17.5. The van der Waals surface area contributed by atoms with Crippen LogP contribution in [-0.4, -0.2) is 43.5 Å². The van der Waals surface area contributed by atoms with E-state index in [9.17, 15) is 4.79 Å². The Hall–Kier alpha value is -1.75. The highest BCUT2D eigenvalue weighted by molar-refractivity contribution is 9.10. The maximum atomic E-state index is 13.0. The van der Waals surface area contributed by atoms with E-state index >= 15 is 0 Å². The van der Waals surface area contributed by atoms with Gasteiger partial charge in [-0.15, -0.1) is 0 Å². The van der Waals surface area contributed by atoms with E-state index in [4.69, 9.17) is 4.74 Å². The van der Waals surface area contributed by atoms with Gasteiger partial charge in [-0.1, -0.05) is 46.3 Å². The van der Waals surface area contributed by atoms with E-state index in [0.717, 1.165) is 41.9 Å². The molecular weight excluding hydrogens is 366 g/mol. The molecule has 0 aliphatic carbocycles.